The van der Waals surface area contributed by atoms with E-state index in [1.165, 1.54) is 29.4 Å². The van der Waals surface area contributed by atoms with Gasteiger partial charge in [-0.05, 0) is 31.0 Å². The molecule has 1 aliphatic heterocycles. The van der Waals surface area contributed by atoms with Crippen LogP contribution < -0.4 is 5.32 Å². The summed E-state index contributed by atoms with van der Waals surface area (Å²) in [7, 11) is -7.16. The Labute approximate surface area is 155 Å². The molecule has 0 unspecified atom stereocenters. The molecule has 1 heterocycles. The number of benzene rings is 1. The lowest BCUT2D eigenvalue weighted by atomic mass is 10.0. The Balaban J connectivity index is 2.33. The highest BCUT2D eigenvalue weighted by atomic mass is 32.2. The molecule has 26 heavy (non-hydrogen) atoms. The van der Waals surface area contributed by atoms with Gasteiger partial charge >= 0.3 is 0 Å². The summed E-state index contributed by atoms with van der Waals surface area (Å²) < 4.78 is 51.3. The van der Waals surface area contributed by atoms with E-state index in [4.69, 9.17) is 0 Å². The fraction of sp³-hybridized carbons (Fsp3) is 0.471. The Bertz CT molecular complexity index is 892. The van der Waals surface area contributed by atoms with Crippen LogP contribution in [0.25, 0.3) is 0 Å². The molecule has 7 nitrogen and oxygen atoms in total. The lowest BCUT2D eigenvalue weighted by Crippen LogP contribution is -2.50. The lowest BCUT2D eigenvalue weighted by Gasteiger charge is -2.35. The molecule has 0 aromatic heterocycles. The van der Waals surface area contributed by atoms with E-state index in [0.717, 1.165) is 5.56 Å². The third kappa shape index (κ3) is 4.52. The molecule has 1 amide bonds. The predicted molar refractivity (Wildman–Crippen MR) is 99.7 cm³/mol. The van der Waals surface area contributed by atoms with Crippen molar-refractivity contribution in [1.29, 1.82) is 0 Å². The molecule has 0 bridgehead atoms. The molecule has 9 heteroatoms. The fourth-order valence-corrected chi connectivity index (χ4v) is 7.05. The second-order valence-corrected chi connectivity index (χ2v) is 10.8. The minimum Gasteiger partial charge on any atom is -0.352 e. The first-order valence-electron chi connectivity index (χ1n) is 8.18. The number of amides is 1. The maximum atomic E-state index is 13.1. The van der Waals surface area contributed by atoms with Crippen molar-refractivity contribution in [2.24, 2.45) is 0 Å². The molecule has 1 N–H and O–H groups in total. The van der Waals surface area contributed by atoms with E-state index in [1.807, 2.05) is 0 Å². The first-order valence-corrected chi connectivity index (χ1v) is 11.4. The van der Waals surface area contributed by atoms with Crippen molar-refractivity contribution in [2.45, 2.75) is 37.2 Å². The number of carbonyl (C=O) groups excluding carboxylic acids is 1. The Morgan fingerprint density at radius 2 is 1.96 bits per heavy atom. The topological polar surface area (TPSA) is 101 Å². The molecule has 1 aliphatic rings. The number of nitrogens with zero attached hydrogens (tertiary/aromatic N) is 1. The van der Waals surface area contributed by atoms with Gasteiger partial charge in [-0.3, -0.25) is 4.79 Å². The normalized spacial score (nSPS) is 22.3. The van der Waals surface area contributed by atoms with Gasteiger partial charge in [-0.2, -0.15) is 4.31 Å². The molecule has 0 spiro atoms. The van der Waals surface area contributed by atoms with Gasteiger partial charge in [-0.25, -0.2) is 16.8 Å². The van der Waals surface area contributed by atoms with Crippen molar-refractivity contribution in [3.63, 3.8) is 0 Å². The average Bonchev–Trinajstić information content (AvgIpc) is 2.85. The zero-order valence-electron chi connectivity index (χ0n) is 14.9. The molecule has 1 atom stereocenters. The van der Waals surface area contributed by atoms with Crippen LogP contribution in [0.15, 0.2) is 41.8 Å². The van der Waals surface area contributed by atoms with Crippen molar-refractivity contribution in [1.82, 2.24) is 9.62 Å². The molecule has 0 radical (unpaired) electrons. The van der Waals surface area contributed by atoms with Gasteiger partial charge in [0.2, 0.25) is 15.9 Å². The van der Waals surface area contributed by atoms with Crippen molar-refractivity contribution in [3.8, 4) is 0 Å². The van der Waals surface area contributed by atoms with Gasteiger partial charge in [0.05, 0.1) is 16.4 Å². The molecular weight excluding hydrogens is 376 g/mol. The van der Waals surface area contributed by atoms with Crippen LogP contribution in [0.3, 0.4) is 0 Å². The molecule has 1 fully saturated rings. The molecule has 144 valence electrons. The molecular formula is C17H24N2O5S2. The second-order valence-electron chi connectivity index (χ2n) is 6.72. The monoisotopic (exact) mass is 400 g/mol. The van der Waals surface area contributed by atoms with Crippen LogP contribution in [0.4, 0.5) is 0 Å². The summed E-state index contributed by atoms with van der Waals surface area (Å²) in [5.74, 6) is -0.398. The summed E-state index contributed by atoms with van der Waals surface area (Å²) in [6, 6.07) is 6.19. The lowest BCUT2D eigenvalue weighted by molar-refractivity contribution is -0.119. The van der Waals surface area contributed by atoms with Crippen LogP contribution >= 0.6 is 0 Å². The highest BCUT2D eigenvalue weighted by molar-refractivity contribution is 7.92. The second kappa shape index (κ2) is 7.50. The largest absolute Gasteiger partial charge is 0.352 e. The molecule has 1 saturated heterocycles. The highest BCUT2D eigenvalue weighted by Gasteiger charge is 2.47. The van der Waals surface area contributed by atoms with Crippen LogP contribution in [0.2, 0.25) is 0 Å². The predicted octanol–water partition coefficient (Wildman–Crippen LogP) is 1.08. The van der Waals surface area contributed by atoms with E-state index in [-0.39, 0.29) is 35.3 Å². The van der Waals surface area contributed by atoms with Crippen molar-refractivity contribution < 1.29 is 21.6 Å². The van der Waals surface area contributed by atoms with E-state index in [0.29, 0.717) is 6.54 Å². The molecule has 1 aromatic carbocycles. The molecule has 0 saturated carbocycles. The smallest absolute Gasteiger partial charge is 0.243 e. The van der Waals surface area contributed by atoms with E-state index >= 15 is 0 Å². The third-order valence-electron chi connectivity index (χ3n) is 4.43. The minimum atomic E-state index is -3.89. The Kier molecular flexibility index (Phi) is 5.94. The van der Waals surface area contributed by atoms with Gasteiger partial charge in [0.15, 0.2) is 9.84 Å². The van der Waals surface area contributed by atoms with E-state index in [2.05, 4.69) is 11.9 Å². The van der Waals surface area contributed by atoms with Crippen LogP contribution in [-0.2, 0) is 31.2 Å². The minimum absolute atomic E-state index is 0.0255. The average molecular weight is 401 g/mol. The number of carbonyl (C=O) groups is 1. The van der Waals surface area contributed by atoms with Crippen LogP contribution in [0.5, 0.6) is 0 Å². The Morgan fingerprint density at radius 3 is 2.42 bits per heavy atom. The van der Waals surface area contributed by atoms with Crippen LogP contribution in [0.1, 0.15) is 25.8 Å². The van der Waals surface area contributed by atoms with Gasteiger partial charge < -0.3 is 5.32 Å². The number of sulfone groups is 1. The summed E-state index contributed by atoms with van der Waals surface area (Å²) in [5, 5.41) is 2.64. The van der Waals surface area contributed by atoms with Crippen LogP contribution in [0, 0.1) is 0 Å². The molecule has 1 aromatic rings. The summed E-state index contributed by atoms with van der Waals surface area (Å²) in [4.78, 5) is 11.0. The molecule has 2 rings (SSSR count). The third-order valence-corrected chi connectivity index (χ3v) is 8.36. The summed E-state index contributed by atoms with van der Waals surface area (Å²) in [6.45, 7) is 7.00. The first-order chi connectivity index (χ1) is 12.0. The van der Waals surface area contributed by atoms with Crippen LogP contribution in [-0.4, -0.2) is 50.6 Å². The van der Waals surface area contributed by atoms with Gasteiger partial charge in [-0.15, -0.1) is 6.58 Å². The van der Waals surface area contributed by atoms with Crippen molar-refractivity contribution in [3.05, 3.63) is 42.5 Å². The molecule has 0 aliphatic carbocycles. The van der Waals surface area contributed by atoms with E-state index in [9.17, 15) is 21.6 Å². The zero-order chi connectivity index (χ0) is 19.6. The SMILES string of the molecule is C=CCN([C@]1(C)CCS(=O)(=O)C1)S(=O)(=O)c1ccc(CNC(C)=O)cc1. The fourth-order valence-electron chi connectivity index (χ4n) is 3.05. The number of rotatable bonds is 7. The maximum absolute atomic E-state index is 13.1. The summed E-state index contributed by atoms with van der Waals surface area (Å²) >= 11 is 0. The maximum Gasteiger partial charge on any atom is 0.243 e. The van der Waals surface area contributed by atoms with Crippen molar-refractivity contribution >= 4 is 25.8 Å². The van der Waals surface area contributed by atoms with Gasteiger partial charge in [-0.1, -0.05) is 18.2 Å². The number of hydrogen-bond donors (Lipinski definition) is 1. The number of nitrogens with one attached hydrogen (secondary N) is 1. The van der Waals surface area contributed by atoms with E-state index in [1.54, 1.807) is 19.1 Å². The van der Waals surface area contributed by atoms with Gasteiger partial charge in [0.25, 0.3) is 0 Å². The van der Waals surface area contributed by atoms with Gasteiger partial charge in [0, 0.05) is 25.6 Å². The van der Waals surface area contributed by atoms with Crippen molar-refractivity contribution in [2.75, 3.05) is 18.1 Å². The highest BCUT2D eigenvalue weighted by Crippen LogP contribution is 2.34. The van der Waals surface area contributed by atoms with Gasteiger partial charge in [0.1, 0.15) is 0 Å². The summed E-state index contributed by atoms with van der Waals surface area (Å²) in [6.07, 6.45) is 1.71. The Hall–Kier alpha value is -1.71. The number of sulfonamides is 1. The van der Waals surface area contributed by atoms with E-state index < -0.39 is 25.4 Å². The standard InChI is InChI=1S/C17H24N2O5S2/c1-4-10-19(17(3)9-11-25(21,22)13-17)26(23,24)16-7-5-15(6-8-16)12-18-14(2)20/h4-8H,1,9-13H2,2-3H3,(H,18,20)/t17-/m1/s1. The first kappa shape index (κ1) is 20.6. The summed E-state index contributed by atoms with van der Waals surface area (Å²) in [5.41, 5.74) is -0.232. The Morgan fingerprint density at radius 1 is 1.35 bits per heavy atom. The zero-order valence-corrected chi connectivity index (χ0v) is 16.6. The quantitative estimate of drug-likeness (QED) is 0.690. The number of hydrogen-bond acceptors (Lipinski definition) is 5.